The minimum absolute atomic E-state index is 0.0293. The fraction of sp³-hybridized carbons (Fsp3) is 0.211. The second kappa shape index (κ2) is 8.06. The van der Waals surface area contributed by atoms with E-state index in [1.807, 2.05) is 42.5 Å². The lowest BCUT2D eigenvalue weighted by atomic mass is 10.2. The molecule has 2 heterocycles. The van der Waals surface area contributed by atoms with Crippen molar-refractivity contribution in [2.75, 3.05) is 0 Å². The summed E-state index contributed by atoms with van der Waals surface area (Å²) < 4.78 is 5.73. The van der Waals surface area contributed by atoms with E-state index in [9.17, 15) is 4.79 Å². The van der Waals surface area contributed by atoms with Crippen molar-refractivity contribution in [1.82, 2.24) is 15.3 Å². The highest BCUT2D eigenvalue weighted by molar-refractivity contribution is 5.75. The van der Waals surface area contributed by atoms with Crippen LogP contribution in [0.1, 0.15) is 24.3 Å². The summed E-state index contributed by atoms with van der Waals surface area (Å²) in [5.41, 5.74) is 2.05. The number of benzene rings is 1. The Morgan fingerprint density at radius 3 is 2.67 bits per heavy atom. The number of carbonyl (C=O) groups is 1. The highest BCUT2D eigenvalue weighted by Gasteiger charge is 2.07. The molecule has 0 saturated heterocycles. The molecule has 0 bridgehead atoms. The van der Waals surface area contributed by atoms with Gasteiger partial charge < -0.3 is 9.73 Å². The van der Waals surface area contributed by atoms with Crippen LogP contribution < -0.4 is 5.32 Å². The molecule has 0 fully saturated rings. The molecule has 3 rings (SSSR count). The topological polar surface area (TPSA) is 68.0 Å². The van der Waals surface area contributed by atoms with Crippen LogP contribution in [0.4, 0.5) is 0 Å². The number of oxazole rings is 1. The molecule has 0 aliphatic rings. The molecule has 3 aromatic rings. The van der Waals surface area contributed by atoms with Gasteiger partial charge in [0, 0.05) is 37.3 Å². The third-order valence-corrected chi connectivity index (χ3v) is 3.65. The highest BCUT2D eigenvalue weighted by atomic mass is 16.4. The molecule has 2 aromatic heterocycles. The monoisotopic (exact) mass is 321 g/mol. The average Bonchev–Trinajstić information content (AvgIpc) is 3.11. The molecule has 1 amide bonds. The van der Waals surface area contributed by atoms with Gasteiger partial charge in [-0.25, -0.2) is 4.98 Å². The summed E-state index contributed by atoms with van der Waals surface area (Å²) in [7, 11) is 0. The normalized spacial score (nSPS) is 10.5. The lowest BCUT2D eigenvalue weighted by molar-refractivity contribution is -0.121. The van der Waals surface area contributed by atoms with Crippen molar-refractivity contribution in [3.05, 3.63) is 72.5 Å². The predicted octanol–water partition coefficient (Wildman–Crippen LogP) is 3.38. The summed E-state index contributed by atoms with van der Waals surface area (Å²) >= 11 is 0. The molecule has 1 aromatic carbocycles. The molecule has 5 nitrogen and oxygen atoms in total. The van der Waals surface area contributed by atoms with E-state index in [0.717, 1.165) is 16.9 Å². The number of nitrogens with zero attached hydrogens (tertiary/aromatic N) is 2. The molecule has 0 atom stereocenters. The number of carbonyl (C=O) groups excluding carboxylic acids is 1. The first-order valence-electron chi connectivity index (χ1n) is 7.97. The quantitative estimate of drug-likeness (QED) is 0.724. The lowest BCUT2D eigenvalue weighted by Crippen LogP contribution is -2.22. The summed E-state index contributed by atoms with van der Waals surface area (Å²) in [6.45, 7) is 0.526. The van der Waals surface area contributed by atoms with Crippen LogP contribution >= 0.6 is 0 Å². The number of nitrogens with one attached hydrogen (secondary N) is 1. The number of aryl methyl sites for hydroxylation is 1. The molecule has 1 N–H and O–H groups in total. The van der Waals surface area contributed by atoms with Crippen LogP contribution in [0.5, 0.6) is 0 Å². The Morgan fingerprint density at radius 1 is 1.08 bits per heavy atom. The van der Waals surface area contributed by atoms with Crippen molar-refractivity contribution < 1.29 is 9.21 Å². The van der Waals surface area contributed by atoms with Gasteiger partial charge in [-0.2, -0.15) is 0 Å². The Balaban J connectivity index is 1.42. The van der Waals surface area contributed by atoms with E-state index in [1.165, 1.54) is 0 Å². The van der Waals surface area contributed by atoms with Crippen LogP contribution in [-0.4, -0.2) is 15.9 Å². The molecule has 0 radical (unpaired) electrons. The minimum atomic E-state index is 0.0293. The smallest absolute Gasteiger partial charge is 0.220 e. The number of aromatic nitrogens is 2. The first kappa shape index (κ1) is 15.9. The molecule has 5 heteroatoms. The number of rotatable bonds is 7. The maximum Gasteiger partial charge on any atom is 0.220 e. The van der Waals surface area contributed by atoms with Crippen molar-refractivity contribution in [1.29, 1.82) is 0 Å². The fourth-order valence-electron chi connectivity index (χ4n) is 2.35. The summed E-state index contributed by atoms with van der Waals surface area (Å²) in [6.07, 6.45) is 6.97. The number of pyridine rings is 1. The Labute approximate surface area is 140 Å². The molecular weight excluding hydrogens is 302 g/mol. The van der Waals surface area contributed by atoms with Gasteiger partial charge >= 0.3 is 0 Å². The van der Waals surface area contributed by atoms with Crippen LogP contribution in [0.3, 0.4) is 0 Å². The highest BCUT2D eigenvalue weighted by Crippen LogP contribution is 2.20. The van der Waals surface area contributed by atoms with Crippen LogP contribution in [0.2, 0.25) is 0 Å². The molecule has 0 aliphatic carbocycles. The van der Waals surface area contributed by atoms with Crippen LogP contribution in [0.15, 0.2) is 65.5 Å². The van der Waals surface area contributed by atoms with Gasteiger partial charge in [0.15, 0.2) is 11.7 Å². The van der Waals surface area contributed by atoms with Crippen molar-refractivity contribution in [2.24, 2.45) is 0 Å². The van der Waals surface area contributed by atoms with E-state index in [4.69, 9.17) is 4.42 Å². The van der Waals surface area contributed by atoms with Gasteiger partial charge in [0.1, 0.15) is 0 Å². The molecule has 0 unspecified atom stereocenters. The second-order valence-electron chi connectivity index (χ2n) is 5.47. The summed E-state index contributed by atoms with van der Waals surface area (Å²) in [5, 5.41) is 2.90. The molecular formula is C19H19N3O2. The van der Waals surface area contributed by atoms with Gasteiger partial charge in [-0.3, -0.25) is 9.78 Å². The Bertz CT molecular complexity index is 770. The maximum absolute atomic E-state index is 11.9. The lowest BCUT2D eigenvalue weighted by Gasteiger charge is -2.04. The molecule has 0 saturated carbocycles. The van der Waals surface area contributed by atoms with Crippen LogP contribution in [0, 0.1) is 0 Å². The van der Waals surface area contributed by atoms with Crippen molar-refractivity contribution in [3.63, 3.8) is 0 Å². The minimum Gasteiger partial charge on any atom is -0.441 e. The largest absolute Gasteiger partial charge is 0.441 e. The zero-order chi connectivity index (χ0) is 16.6. The van der Waals surface area contributed by atoms with Gasteiger partial charge in [0.05, 0.1) is 6.20 Å². The maximum atomic E-state index is 11.9. The molecule has 0 aliphatic heterocycles. The van der Waals surface area contributed by atoms with Crippen LogP contribution in [-0.2, 0) is 17.8 Å². The molecule has 122 valence electrons. The van der Waals surface area contributed by atoms with E-state index in [1.54, 1.807) is 18.6 Å². The fourth-order valence-corrected chi connectivity index (χ4v) is 2.35. The van der Waals surface area contributed by atoms with Gasteiger partial charge in [-0.05, 0) is 24.1 Å². The van der Waals surface area contributed by atoms with Gasteiger partial charge in [0.25, 0.3) is 0 Å². The number of hydrogen-bond donors (Lipinski definition) is 1. The SMILES string of the molecule is O=C(CCCc1ncc(-c2ccccc2)o1)NCc1ccncc1. The third-order valence-electron chi connectivity index (χ3n) is 3.65. The average molecular weight is 321 g/mol. The first-order chi connectivity index (χ1) is 11.8. The van der Waals surface area contributed by atoms with E-state index in [0.29, 0.717) is 31.7 Å². The summed E-state index contributed by atoms with van der Waals surface area (Å²) in [4.78, 5) is 20.1. The van der Waals surface area contributed by atoms with Crippen LogP contribution in [0.25, 0.3) is 11.3 Å². The Kier molecular flexibility index (Phi) is 5.35. The van der Waals surface area contributed by atoms with Crippen molar-refractivity contribution in [2.45, 2.75) is 25.8 Å². The van der Waals surface area contributed by atoms with Gasteiger partial charge in [-0.1, -0.05) is 30.3 Å². The molecule has 24 heavy (non-hydrogen) atoms. The standard InChI is InChI=1S/C19H19N3O2/c23-18(21-13-15-9-11-20-12-10-15)7-4-8-19-22-14-17(24-19)16-5-2-1-3-6-16/h1-3,5-6,9-12,14H,4,7-8,13H2,(H,21,23). The van der Waals surface area contributed by atoms with Gasteiger partial charge in [-0.15, -0.1) is 0 Å². The molecule has 0 spiro atoms. The van der Waals surface area contributed by atoms with E-state index >= 15 is 0 Å². The van der Waals surface area contributed by atoms with Crippen molar-refractivity contribution in [3.8, 4) is 11.3 Å². The zero-order valence-electron chi connectivity index (χ0n) is 13.3. The Morgan fingerprint density at radius 2 is 1.88 bits per heavy atom. The van der Waals surface area contributed by atoms with Crippen molar-refractivity contribution >= 4 is 5.91 Å². The zero-order valence-corrected chi connectivity index (χ0v) is 13.3. The summed E-state index contributed by atoms with van der Waals surface area (Å²) in [5.74, 6) is 1.45. The van der Waals surface area contributed by atoms with E-state index in [-0.39, 0.29) is 5.91 Å². The van der Waals surface area contributed by atoms with E-state index < -0.39 is 0 Å². The third kappa shape index (κ3) is 4.52. The number of amides is 1. The first-order valence-corrected chi connectivity index (χ1v) is 7.97. The predicted molar refractivity (Wildman–Crippen MR) is 91.0 cm³/mol. The summed E-state index contributed by atoms with van der Waals surface area (Å²) in [6, 6.07) is 13.6. The van der Waals surface area contributed by atoms with E-state index in [2.05, 4.69) is 15.3 Å². The second-order valence-corrected chi connectivity index (χ2v) is 5.47. The number of hydrogen-bond acceptors (Lipinski definition) is 4. The Hall–Kier alpha value is -2.95. The van der Waals surface area contributed by atoms with Gasteiger partial charge in [0.2, 0.25) is 5.91 Å².